The van der Waals surface area contributed by atoms with Crippen molar-refractivity contribution < 1.29 is 17.9 Å². The molecule has 9 heteroatoms. The van der Waals surface area contributed by atoms with Gasteiger partial charge >= 0.3 is 6.18 Å². The Kier molecular flexibility index (Phi) is 4.99. The molecule has 3 heterocycles. The molecule has 1 unspecified atom stereocenters. The highest BCUT2D eigenvalue weighted by atomic mass is 19.4. The van der Waals surface area contributed by atoms with Crippen LogP contribution in [0.5, 0.6) is 0 Å². The third kappa shape index (κ3) is 3.87. The molecule has 1 fully saturated rings. The first-order chi connectivity index (χ1) is 12.3. The molecule has 0 saturated carbocycles. The zero-order valence-electron chi connectivity index (χ0n) is 14.5. The monoisotopic (exact) mass is 368 g/mol. The Morgan fingerprint density at radius 3 is 2.73 bits per heavy atom. The Morgan fingerprint density at radius 2 is 2.12 bits per heavy atom. The van der Waals surface area contributed by atoms with Crippen molar-refractivity contribution in [2.75, 3.05) is 25.6 Å². The van der Waals surface area contributed by atoms with Crippen LogP contribution in [0.4, 0.5) is 19.0 Å². The highest BCUT2D eigenvalue weighted by Crippen LogP contribution is 2.31. The average molecular weight is 368 g/mol. The fourth-order valence-electron chi connectivity index (χ4n) is 2.80. The standard InChI is InChI=1S/C17H19F3N4O2/c1-23(2)15-7-3-5-11(21-15)10-24-16(25)12(17(18,19)20)9-13(22-24)14-6-4-8-26-14/h3,5,7,9,14H,4,6,8,10H2,1-2H3. The van der Waals surface area contributed by atoms with Crippen LogP contribution < -0.4 is 10.5 Å². The molecule has 0 aromatic carbocycles. The smallest absolute Gasteiger partial charge is 0.372 e. The fraction of sp³-hybridized carbons (Fsp3) is 0.471. The van der Waals surface area contributed by atoms with E-state index in [0.717, 1.165) is 17.2 Å². The summed E-state index contributed by atoms with van der Waals surface area (Å²) in [6.45, 7) is 0.323. The molecule has 0 spiro atoms. The molecule has 140 valence electrons. The number of hydrogen-bond donors (Lipinski definition) is 0. The van der Waals surface area contributed by atoms with Crippen molar-refractivity contribution >= 4 is 5.82 Å². The summed E-state index contributed by atoms with van der Waals surface area (Å²) in [4.78, 5) is 18.4. The lowest BCUT2D eigenvalue weighted by Gasteiger charge is -2.16. The van der Waals surface area contributed by atoms with E-state index < -0.39 is 23.4 Å². The predicted molar refractivity (Wildman–Crippen MR) is 89.1 cm³/mol. The molecule has 0 amide bonds. The molecule has 26 heavy (non-hydrogen) atoms. The van der Waals surface area contributed by atoms with Crippen LogP contribution in [0.2, 0.25) is 0 Å². The van der Waals surface area contributed by atoms with Gasteiger partial charge in [-0.1, -0.05) is 6.07 Å². The van der Waals surface area contributed by atoms with Crippen LogP contribution in [-0.4, -0.2) is 35.5 Å². The van der Waals surface area contributed by atoms with Gasteiger partial charge in [-0.05, 0) is 31.0 Å². The first-order valence-corrected chi connectivity index (χ1v) is 8.20. The van der Waals surface area contributed by atoms with Crippen LogP contribution in [-0.2, 0) is 17.5 Å². The number of anilines is 1. The molecule has 1 aliphatic rings. The van der Waals surface area contributed by atoms with E-state index in [4.69, 9.17) is 4.74 Å². The zero-order chi connectivity index (χ0) is 18.9. The molecule has 2 aromatic heterocycles. The third-order valence-corrected chi connectivity index (χ3v) is 4.12. The molecule has 0 bridgehead atoms. The number of pyridine rings is 1. The Hall–Kier alpha value is -2.42. The van der Waals surface area contributed by atoms with Crippen LogP contribution in [0.1, 0.15) is 35.9 Å². The summed E-state index contributed by atoms with van der Waals surface area (Å²) in [5.74, 6) is 0.641. The summed E-state index contributed by atoms with van der Waals surface area (Å²) >= 11 is 0. The van der Waals surface area contributed by atoms with Crippen LogP contribution in [0.25, 0.3) is 0 Å². The van der Waals surface area contributed by atoms with E-state index >= 15 is 0 Å². The summed E-state index contributed by atoms with van der Waals surface area (Å²) in [6.07, 6.45) is -3.95. The molecular formula is C17H19F3N4O2. The van der Waals surface area contributed by atoms with Crippen LogP contribution in [0, 0.1) is 0 Å². The van der Waals surface area contributed by atoms with E-state index in [1.165, 1.54) is 0 Å². The number of halogens is 3. The summed E-state index contributed by atoms with van der Waals surface area (Å²) in [6, 6.07) is 5.95. The third-order valence-electron chi connectivity index (χ3n) is 4.12. The summed E-state index contributed by atoms with van der Waals surface area (Å²) in [5.41, 5.74) is -1.85. The maximum atomic E-state index is 13.3. The van der Waals surface area contributed by atoms with Gasteiger partial charge in [-0.3, -0.25) is 4.79 Å². The van der Waals surface area contributed by atoms with Gasteiger partial charge in [-0.25, -0.2) is 9.67 Å². The van der Waals surface area contributed by atoms with Crippen molar-refractivity contribution in [2.24, 2.45) is 0 Å². The van der Waals surface area contributed by atoms with E-state index in [1.807, 2.05) is 0 Å². The van der Waals surface area contributed by atoms with Crippen molar-refractivity contribution in [3.63, 3.8) is 0 Å². The summed E-state index contributed by atoms with van der Waals surface area (Å²) in [7, 11) is 3.60. The minimum atomic E-state index is -4.76. The van der Waals surface area contributed by atoms with E-state index in [9.17, 15) is 18.0 Å². The van der Waals surface area contributed by atoms with Gasteiger partial charge in [0.25, 0.3) is 5.56 Å². The fourth-order valence-corrected chi connectivity index (χ4v) is 2.80. The first-order valence-electron chi connectivity index (χ1n) is 8.20. The Labute approximate surface area is 148 Å². The molecule has 0 radical (unpaired) electrons. The van der Waals surface area contributed by atoms with Crippen LogP contribution in [0.15, 0.2) is 29.1 Å². The van der Waals surface area contributed by atoms with Gasteiger partial charge in [-0.2, -0.15) is 18.3 Å². The molecular weight excluding hydrogens is 349 g/mol. The minimum Gasteiger partial charge on any atom is -0.372 e. The topological polar surface area (TPSA) is 60.2 Å². The highest BCUT2D eigenvalue weighted by Gasteiger charge is 2.36. The second-order valence-electron chi connectivity index (χ2n) is 6.33. The SMILES string of the molecule is CN(C)c1cccc(Cn2nc(C3CCCO3)cc(C(F)(F)F)c2=O)n1. The molecule has 2 aromatic rings. The van der Waals surface area contributed by atoms with Crippen LogP contribution >= 0.6 is 0 Å². The maximum absolute atomic E-state index is 13.3. The lowest BCUT2D eigenvalue weighted by atomic mass is 10.1. The van der Waals surface area contributed by atoms with Gasteiger partial charge in [-0.15, -0.1) is 0 Å². The van der Waals surface area contributed by atoms with Gasteiger partial charge in [0.1, 0.15) is 17.5 Å². The molecule has 3 rings (SSSR count). The van der Waals surface area contributed by atoms with Crippen LogP contribution in [0.3, 0.4) is 0 Å². The number of nitrogens with zero attached hydrogens (tertiary/aromatic N) is 4. The van der Waals surface area contributed by atoms with E-state index in [1.54, 1.807) is 37.2 Å². The predicted octanol–water partition coefficient (Wildman–Crippen LogP) is 2.62. The molecule has 1 aliphatic heterocycles. The maximum Gasteiger partial charge on any atom is 0.421 e. The van der Waals surface area contributed by atoms with Gasteiger partial charge < -0.3 is 9.64 Å². The molecule has 1 saturated heterocycles. The van der Waals surface area contributed by atoms with Gasteiger partial charge in [0.05, 0.1) is 17.9 Å². The van der Waals surface area contributed by atoms with Crippen molar-refractivity contribution in [1.82, 2.24) is 14.8 Å². The summed E-state index contributed by atoms with van der Waals surface area (Å²) in [5, 5.41) is 4.12. The van der Waals surface area contributed by atoms with E-state index in [2.05, 4.69) is 10.1 Å². The van der Waals surface area contributed by atoms with Gasteiger partial charge in [0.2, 0.25) is 0 Å². The molecule has 0 N–H and O–H groups in total. The molecule has 0 aliphatic carbocycles. The largest absolute Gasteiger partial charge is 0.421 e. The number of ether oxygens (including phenoxy) is 1. The van der Waals surface area contributed by atoms with E-state index in [-0.39, 0.29) is 12.2 Å². The first kappa shape index (κ1) is 18.4. The minimum absolute atomic E-state index is 0.123. The molecule has 6 nitrogen and oxygen atoms in total. The zero-order valence-corrected chi connectivity index (χ0v) is 14.5. The normalized spacial score (nSPS) is 17.5. The Bertz CT molecular complexity index is 843. The number of hydrogen-bond acceptors (Lipinski definition) is 5. The number of aromatic nitrogens is 3. The Balaban J connectivity index is 2.03. The lowest BCUT2D eigenvalue weighted by Crippen LogP contribution is -2.32. The lowest BCUT2D eigenvalue weighted by molar-refractivity contribution is -0.139. The quantitative estimate of drug-likeness (QED) is 0.830. The summed E-state index contributed by atoms with van der Waals surface area (Å²) < 4.78 is 46.2. The highest BCUT2D eigenvalue weighted by molar-refractivity contribution is 5.37. The van der Waals surface area contributed by atoms with Crippen molar-refractivity contribution in [3.8, 4) is 0 Å². The van der Waals surface area contributed by atoms with Crippen molar-refractivity contribution in [1.29, 1.82) is 0 Å². The molecule has 1 atom stereocenters. The number of rotatable bonds is 4. The number of alkyl halides is 3. The van der Waals surface area contributed by atoms with Crippen molar-refractivity contribution in [2.45, 2.75) is 31.7 Å². The van der Waals surface area contributed by atoms with Gasteiger partial charge in [0.15, 0.2) is 0 Å². The Morgan fingerprint density at radius 1 is 1.35 bits per heavy atom. The van der Waals surface area contributed by atoms with E-state index in [0.29, 0.717) is 24.5 Å². The van der Waals surface area contributed by atoms with Crippen molar-refractivity contribution in [3.05, 3.63) is 51.6 Å². The second-order valence-corrected chi connectivity index (χ2v) is 6.33. The average Bonchev–Trinajstić information content (AvgIpc) is 3.10. The second kappa shape index (κ2) is 7.06. The van der Waals surface area contributed by atoms with Gasteiger partial charge in [0, 0.05) is 20.7 Å².